The third kappa shape index (κ3) is 3.16. The van der Waals surface area contributed by atoms with Gasteiger partial charge in [-0.05, 0) is 26.0 Å². The minimum absolute atomic E-state index is 0.227. The molecule has 1 aromatic heterocycles. The predicted octanol–water partition coefficient (Wildman–Crippen LogP) is 1.88. The van der Waals surface area contributed by atoms with Gasteiger partial charge in [0.05, 0.1) is 11.9 Å². The molecule has 1 amide bonds. The lowest BCUT2D eigenvalue weighted by Gasteiger charge is -2.23. The molecule has 22 heavy (non-hydrogen) atoms. The smallest absolute Gasteiger partial charge is 0.292 e. The molecule has 0 atom stereocenters. The fraction of sp³-hybridized carbons (Fsp3) is 0.312. The van der Waals surface area contributed by atoms with Gasteiger partial charge in [-0.2, -0.15) is 5.10 Å². The summed E-state index contributed by atoms with van der Waals surface area (Å²) in [6.45, 7) is 5.27. The van der Waals surface area contributed by atoms with Crippen molar-refractivity contribution in [1.29, 1.82) is 0 Å². The standard InChI is InChI=1S/C16H20N4O2/c1-4-20(5-2)14-13(11-17-19(3)16(14)22)18-15(21)12-9-7-6-8-10-12/h6-11H,4-5H2,1-3H3,(H,18,21). The zero-order chi connectivity index (χ0) is 16.1. The number of nitrogens with one attached hydrogen (secondary N) is 1. The Morgan fingerprint density at radius 2 is 1.86 bits per heavy atom. The van der Waals surface area contributed by atoms with E-state index in [1.165, 1.54) is 10.9 Å². The van der Waals surface area contributed by atoms with E-state index < -0.39 is 0 Å². The van der Waals surface area contributed by atoms with Crippen LogP contribution in [0.2, 0.25) is 0 Å². The van der Waals surface area contributed by atoms with Crippen molar-refractivity contribution in [2.24, 2.45) is 7.05 Å². The number of benzene rings is 1. The molecule has 1 N–H and O–H groups in total. The topological polar surface area (TPSA) is 67.2 Å². The second-order valence-electron chi connectivity index (χ2n) is 4.83. The van der Waals surface area contributed by atoms with Gasteiger partial charge in [-0.1, -0.05) is 18.2 Å². The van der Waals surface area contributed by atoms with E-state index in [9.17, 15) is 9.59 Å². The Morgan fingerprint density at radius 1 is 1.23 bits per heavy atom. The molecule has 116 valence electrons. The second-order valence-corrected chi connectivity index (χ2v) is 4.83. The van der Waals surface area contributed by atoms with Crippen LogP contribution in [-0.2, 0) is 7.05 Å². The van der Waals surface area contributed by atoms with Gasteiger partial charge in [0, 0.05) is 25.7 Å². The Balaban J connectivity index is 2.41. The van der Waals surface area contributed by atoms with Gasteiger partial charge in [-0.25, -0.2) is 4.68 Å². The van der Waals surface area contributed by atoms with Crippen molar-refractivity contribution < 1.29 is 4.79 Å². The molecule has 0 saturated heterocycles. The number of carbonyl (C=O) groups is 1. The summed E-state index contributed by atoms with van der Waals surface area (Å²) < 4.78 is 1.27. The van der Waals surface area contributed by atoms with Gasteiger partial charge in [-0.15, -0.1) is 0 Å². The van der Waals surface area contributed by atoms with Crippen LogP contribution in [0.3, 0.4) is 0 Å². The van der Waals surface area contributed by atoms with Crippen LogP contribution in [0.25, 0.3) is 0 Å². The molecule has 1 heterocycles. The number of hydrogen-bond acceptors (Lipinski definition) is 4. The Bertz CT molecular complexity index is 706. The van der Waals surface area contributed by atoms with Gasteiger partial charge in [0.1, 0.15) is 5.69 Å². The summed E-state index contributed by atoms with van der Waals surface area (Å²) in [7, 11) is 1.60. The third-order valence-electron chi connectivity index (χ3n) is 3.48. The van der Waals surface area contributed by atoms with Crippen molar-refractivity contribution in [2.45, 2.75) is 13.8 Å². The molecule has 0 unspecified atom stereocenters. The summed E-state index contributed by atoms with van der Waals surface area (Å²) in [6.07, 6.45) is 1.51. The summed E-state index contributed by atoms with van der Waals surface area (Å²) in [5.74, 6) is -0.260. The molecule has 0 radical (unpaired) electrons. The van der Waals surface area contributed by atoms with E-state index >= 15 is 0 Å². The van der Waals surface area contributed by atoms with E-state index in [1.54, 1.807) is 31.3 Å². The molecule has 0 bridgehead atoms. The molecule has 2 rings (SSSR count). The Kier molecular flexibility index (Phi) is 4.93. The van der Waals surface area contributed by atoms with Gasteiger partial charge in [0.2, 0.25) is 0 Å². The molecule has 0 aliphatic carbocycles. The molecule has 6 nitrogen and oxygen atoms in total. The lowest BCUT2D eigenvalue weighted by atomic mass is 10.2. The van der Waals surface area contributed by atoms with Crippen LogP contribution in [0.5, 0.6) is 0 Å². The number of aromatic nitrogens is 2. The van der Waals surface area contributed by atoms with Crippen LogP contribution >= 0.6 is 0 Å². The molecule has 6 heteroatoms. The Hall–Kier alpha value is -2.63. The van der Waals surface area contributed by atoms with E-state index in [-0.39, 0.29) is 11.5 Å². The van der Waals surface area contributed by atoms with Crippen LogP contribution in [0, 0.1) is 0 Å². The molecular formula is C16H20N4O2. The Morgan fingerprint density at radius 3 is 2.45 bits per heavy atom. The van der Waals surface area contributed by atoms with Crippen molar-refractivity contribution in [3.05, 3.63) is 52.4 Å². The van der Waals surface area contributed by atoms with E-state index in [4.69, 9.17) is 0 Å². The van der Waals surface area contributed by atoms with E-state index in [1.807, 2.05) is 24.8 Å². The zero-order valence-corrected chi connectivity index (χ0v) is 13.0. The summed E-state index contributed by atoms with van der Waals surface area (Å²) in [6, 6.07) is 8.88. The van der Waals surface area contributed by atoms with Crippen molar-refractivity contribution in [3.8, 4) is 0 Å². The first-order chi connectivity index (χ1) is 10.6. The first-order valence-electron chi connectivity index (χ1n) is 7.26. The lowest BCUT2D eigenvalue weighted by Crippen LogP contribution is -2.33. The van der Waals surface area contributed by atoms with Crippen molar-refractivity contribution in [3.63, 3.8) is 0 Å². The van der Waals surface area contributed by atoms with Gasteiger partial charge in [0.25, 0.3) is 11.5 Å². The summed E-state index contributed by atoms with van der Waals surface area (Å²) in [4.78, 5) is 26.6. The molecule has 2 aromatic rings. The molecule has 0 saturated carbocycles. The third-order valence-corrected chi connectivity index (χ3v) is 3.48. The monoisotopic (exact) mass is 300 g/mol. The average molecular weight is 300 g/mol. The minimum atomic E-state index is -0.260. The maximum absolute atomic E-state index is 12.4. The normalized spacial score (nSPS) is 10.3. The highest BCUT2D eigenvalue weighted by molar-refractivity contribution is 6.05. The number of rotatable bonds is 5. The molecule has 0 aliphatic rings. The summed E-state index contributed by atoms with van der Waals surface area (Å²) in [5.41, 5.74) is 1.20. The zero-order valence-electron chi connectivity index (χ0n) is 13.0. The van der Waals surface area contributed by atoms with Gasteiger partial charge < -0.3 is 10.2 Å². The Labute approximate surface area is 129 Å². The van der Waals surface area contributed by atoms with Gasteiger partial charge in [0.15, 0.2) is 0 Å². The highest BCUT2D eigenvalue weighted by atomic mass is 16.2. The number of amides is 1. The number of hydrogen-bond donors (Lipinski definition) is 1. The van der Waals surface area contributed by atoms with Crippen LogP contribution in [0.4, 0.5) is 11.4 Å². The largest absolute Gasteiger partial charge is 0.366 e. The highest BCUT2D eigenvalue weighted by Gasteiger charge is 2.17. The van der Waals surface area contributed by atoms with Crippen molar-refractivity contribution in [1.82, 2.24) is 9.78 Å². The first-order valence-corrected chi connectivity index (χ1v) is 7.26. The number of nitrogens with zero attached hydrogens (tertiary/aromatic N) is 3. The first kappa shape index (κ1) is 15.8. The van der Waals surface area contributed by atoms with Crippen LogP contribution < -0.4 is 15.8 Å². The SMILES string of the molecule is CCN(CC)c1c(NC(=O)c2ccccc2)cnn(C)c1=O. The summed E-state index contributed by atoms with van der Waals surface area (Å²) >= 11 is 0. The average Bonchev–Trinajstić information content (AvgIpc) is 2.55. The van der Waals surface area contributed by atoms with E-state index in [0.717, 1.165) is 0 Å². The van der Waals surface area contributed by atoms with Crippen molar-refractivity contribution in [2.75, 3.05) is 23.3 Å². The van der Waals surface area contributed by atoms with E-state index in [0.29, 0.717) is 30.0 Å². The maximum Gasteiger partial charge on any atom is 0.292 e. The van der Waals surface area contributed by atoms with Crippen molar-refractivity contribution >= 4 is 17.3 Å². The maximum atomic E-state index is 12.4. The van der Waals surface area contributed by atoms with Crippen LogP contribution in [0.1, 0.15) is 24.2 Å². The molecular weight excluding hydrogens is 280 g/mol. The van der Waals surface area contributed by atoms with Crippen LogP contribution in [-0.4, -0.2) is 28.8 Å². The van der Waals surface area contributed by atoms with E-state index in [2.05, 4.69) is 10.4 Å². The second kappa shape index (κ2) is 6.89. The molecule has 0 spiro atoms. The molecule has 0 aliphatic heterocycles. The predicted molar refractivity (Wildman–Crippen MR) is 87.4 cm³/mol. The van der Waals surface area contributed by atoms with Gasteiger partial charge >= 0.3 is 0 Å². The fourth-order valence-electron chi connectivity index (χ4n) is 2.25. The van der Waals surface area contributed by atoms with Crippen LogP contribution in [0.15, 0.2) is 41.3 Å². The number of carbonyl (C=O) groups excluding carboxylic acids is 1. The minimum Gasteiger partial charge on any atom is -0.366 e. The molecule has 0 fully saturated rings. The quantitative estimate of drug-likeness (QED) is 0.915. The highest BCUT2D eigenvalue weighted by Crippen LogP contribution is 2.20. The number of anilines is 2. The lowest BCUT2D eigenvalue weighted by molar-refractivity contribution is 0.102. The fourth-order valence-corrected chi connectivity index (χ4v) is 2.25. The number of aryl methyl sites for hydroxylation is 1. The molecule has 1 aromatic carbocycles. The van der Waals surface area contributed by atoms with Gasteiger partial charge in [-0.3, -0.25) is 9.59 Å². The summed E-state index contributed by atoms with van der Waals surface area (Å²) in [5, 5.41) is 6.79.